The summed E-state index contributed by atoms with van der Waals surface area (Å²) >= 11 is 0. The lowest BCUT2D eigenvalue weighted by molar-refractivity contribution is 1.65. The van der Waals surface area contributed by atoms with Gasteiger partial charge in [-0.3, -0.25) is 0 Å². The SMILES string of the molecule is C=CC=CC=[C]C. The van der Waals surface area contributed by atoms with Crippen LogP contribution in [0.25, 0.3) is 0 Å². The Morgan fingerprint density at radius 3 is 2.57 bits per heavy atom. The van der Waals surface area contributed by atoms with Gasteiger partial charge in [-0.1, -0.05) is 30.9 Å². The number of hydrogen-bond donors (Lipinski definition) is 0. The van der Waals surface area contributed by atoms with Crippen LogP contribution in [0.3, 0.4) is 0 Å². The maximum Gasteiger partial charge on any atom is -0.0395 e. The summed E-state index contributed by atoms with van der Waals surface area (Å²) in [5, 5.41) is 0. The van der Waals surface area contributed by atoms with Crippen molar-refractivity contribution in [3.63, 3.8) is 0 Å². The monoisotopic (exact) mass is 93.1 g/mol. The van der Waals surface area contributed by atoms with Crippen molar-refractivity contribution >= 4 is 0 Å². The lowest BCUT2D eigenvalue weighted by Crippen LogP contribution is -1.44. The molecular formula is C7H9. The highest BCUT2D eigenvalue weighted by Crippen LogP contribution is 1.73. The van der Waals surface area contributed by atoms with Crippen LogP contribution in [-0.2, 0) is 0 Å². The van der Waals surface area contributed by atoms with Crippen molar-refractivity contribution < 1.29 is 0 Å². The second-order valence-electron chi connectivity index (χ2n) is 1.08. The fourth-order valence-corrected chi connectivity index (χ4v) is 0.230. The molecule has 37 valence electrons. The molecule has 0 saturated carbocycles. The molecule has 0 nitrogen and oxygen atoms in total. The molecule has 0 rings (SSSR count). The van der Waals surface area contributed by atoms with Gasteiger partial charge in [-0.15, -0.1) is 0 Å². The molecule has 0 aromatic rings. The summed E-state index contributed by atoms with van der Waals surface area (Å²) in [5.41, 5.74) is 0. The van der Waals surface area contributed by atoms with Crippen LogP contribution in [-0.4, -0.2) is 0 Å². The average molecular weight is 93.1 g/mol. The van der Waals surface area contributed by atoms with Crippen LogP contribution in [0.5, 0.6) is 0 Å². The van der Waals surface area contributed by atoms with Gasteiger partial charge in [0, 0.05) is 0 Å². The molecule has 0 heteroatoms. The molecule has 0 saturated heterocycles. The molecule has 0 N–H and O–H groups in total. The Morgan fingerprint density at radius 2 is 2.14 bits per heavy atom. The standard InChI is InChI=1S/C7H9/c1-3-5-7-6-4-2/h3,5-7H,1H2,2H3. The van der Waals surface area contributed by atoms with Gasteiger partial charge in [0.1, 0.15) is 0 Å². The molecule has 1 radical (unpaired) electrons. The quantitative estimate of drug-likeness (QED) is 0.459. The molecule has 0 aliphatic rings. The first kappa shape index (κ1) is 6.22. The van der Waals surface area contributed by atoms with E-state index in [1.54, 1.807) is 6.08 Å². The van der Waals surface area contributed by atoms with Gasteiger partial charge in [0.25, 0.3) is 0 Å². The van der Waals surface area contributed by atoms with Gasteiger partial charge in [0.05, 0.1) is 0 Å². The lowest BCUT2D eigenvalue weighted by atomic mass is 10.4. The molecule has 0 aliphatic carbocycles. The molecule has 0 atom stereocenters. The molecule has 0 aromatic carbocycles. The van der Waals surface area contributed by atoms with Crippen LogP contribution >= 0.6 is 0 Å². The zero-order valence-corrected chi connectivity index (χ0v) is 4.52. The van der Waals surface area contributed by atoms with Crippen molar-refractivity contribution in [2.24, 2.45) is 0 Å². The predicted molar refractivity (Wildman–Crippen MR) is 32.8 cm³/mol. The van der Waals surface area contributed by atoms with Crippen LogP contribution in [0.4, 0.5) is 0 Å². The Balaban J connectivity index is 3.27. The first-order valence-electron chi connectivity index (χ1n) is 2.20. The minimum absolute atomic E-state index is 1.73. The van der Waals surface area contributed by atoms with Crippen LogP contribution < -0.4 is 0 Å². The molecule has 0 spiro atoms. The zero-order chi connectivity index (χ0) is 5.54. The highest BCUT2D eigenvalue weighted by molar-refractivity contribution is 5.06. The summed E-state index contributed by atoms with van der Waals surface area (Å²) in [6.45, 7) is 5.35. The molecule has 0 fully saturated rings. The van der Waals surface area contributed by atoms with Crippen molar-refractivity contribution in [2.45, 2.75) is 6.92 Å². The summed E-state index contributed by atoms with van der Waals surface area (Å²) in [6.07, 6.45) is 10.1. The van der Waals surface area contributed by atoms with E-state index in [1.807, 2.05) is 25.2 Å². The highest BCUT2D eigenvalue weighted by atomic mass is 13.6. The maximum atomic E-state index is 3.50. The van der Waals surface area contributed by atoms with E-state index in [1.165, 1.54) is 0 Å². The fourth-order valence-electron chi connectivity index (χ4n) is 0.230. The van der Waals surface area contributed by atoms with Crippen molar-refractivity contribution in [2.75, 3.05) is 0 Å². The first-order chi connectivity index (χ1) is 3.41. The average Bonchev–Trinajstić information content (AvgIpc) is 1.69. The van der Waals surface area contributed by atoms with Gasteiger partial charge in [-0.2, -0.15) is 0 Å². The molecule has 0 unspecified atom stereocenters. The number of rotatable bonds is 2. The predicted octanol–water partition coefficient (Wildman–Crippen LogP) is 2.11. The van der Waals surface area contributed by atoms with Gasteiger partial charge in [0.15, 0.2) is 0 Å². The Kier molecular flexibility index (Phi) is 4.64. The third-order valence-electron chi connectivity index (χ3n) is 0.510. The van der Waals surface area contributed by atoms with Crippen LogP contribution in [0, 0.1) is 6.08 Å². The van der Waals surface area contributed by atoms with Gasteiger partial charge in [-0.25, -0.2) is 0 Å². The Bertz CT molecular complexity index is 86.2. The highest BCUT2D eigenvalue weighted by Gasteiger charge is 1.52. The van der Waals surface area contributed by atoms with E-state index in [4.69, 9.17) is 0 Å². The van der Waals surface area contributed by atoms with Crippen LogP contribution in [0.2, 0.25) is 0 Å². The smallest absolute Gasteiger partial charge is 0.0395 e. The number of allylic oxidation sites excluding steroid dienone is 5. The number of hydrogen-bond acceptors (Lipinski definition) is 0. The van der Waals surface area contributed by atoms with Crippen molar-refractivity contribution in [3.8, 4) is 0 Å². The van der Waals surface area contributed by atoms with E-state index in [0.717, 1.165) is 0 Å². The summed E-state index contributed by atoms with van der Waals surface area (Å²) in [6, 6.07) is 0. The molecule has 7 heavy (non-hydrogen) atoms. The van der Waals surface area contributed by atoms with Crippen molar-refractivity contribution in [3.05, 3.63) is 37.0 Å². The van der Waals surface area contributed by atoms with Crippen molar-refractivity contribution in [1.29, 1.82) is 0 Å². The van der Waals surface area contributed by atoms with Crippen LogP contribution in [0.15, 0.2) is 30.9 Å². The van der Waals surface area contributed by atoms with E-state index in [9.17, 15) is 0 Å². The Labute approximate surface area is 44.9 Å². The van der Waals surface area contributed by atoms with E-state index in [0.29, 0.717) is 0 Å². The summed E-state index contributed by atoms with van der Waals surface area (Å²) in [4.78, 5) is 0. The Morgan fingerprint density at radius 1 is 1.43 bits per heavy atom. The van der Waals surface area contributed by atoms with Gasteiger partial charge in [0.2, 0.25) is 0 Å². The third-order valence-corrected chi connectivity index (χ3v) is 0.510. The normalized spacial score (nSPS) is 11.0. The summed E-state index contributed by atoms with van der Waals surface area (Å²) < 4.78 is 0. The summed E-state index contributed by atoms with van der Waals surface area (Å²) in [7, 11) is 0. The molecular weight excluding hydrogens is 84.1 g/mol. The molecule has 0 amide bonds. The van der Waals surface area contributed by atoms with Gasteiger partial charge >= 0.3 is 0 Å². The molecule has 0 heterocycles. The minimum atomic E-state index is 1.73. The van der Waals surface area contributed by atoms with E-state index >= 15 is 0 Å². The van der Waals surface area contributed by atoms with E-state index in [-0.39, 0.29) is 0 Å². The second kappa shape index (κ2) is 5.22. The van der Waals surface area contributed by atoms with Crippen molar-refractivity contribution in [1.82, 2.24) is 0 Å². The Hall–Kier alpha value is -0.780. The first-order valence-corrected chi connectivity index (χ1v) is 2.20. The maximum absolute atomic E-state index is 3.50. The molecule has 0 aliphatic heterocycles. The minimum Gasteiger partial charge on any atom is -0.0991 e. The molecule has 0 bridgehead atoms. The lowest BCUT2D eigenvalue weighted by Gasteiger charge is -1.64. The summed E-state index contributed by atoms with van der Waals surface area (Å²) in [5.74, 6) is 0. The second-order valence-corrected chi connectivity index (χ2v) is 1.08. The van der Waals surface area contributed by atoms with Gasteiger partial charge in [-0.05, 0) is 13.0 Å². The largest absolute Gasteiger partial charge is 0.0991 e. The van der Waals surface area contributed by atoms with E-state index in [2.05, 4.69) is 12.7 Å². The third kappa shape index (κ3) is 5.22. The van der Waals surface area contributed by atoms with Crippen LogP contribution in [0.1, 0.15) is 6.92 Å². The molecule has 0 aromatic heterocycles. The zero-order valence-electron chi connectivity index (χ0n) is 4.52. The fraction of sp³-hybridized carbons (Fsp3) is 0.143. The van der Waals surface area contributed by atoms with E-state index < -0.39 is 0 Å². The topological polar surface area (TPSA) is 0 Å². The van der Waals surface area contributed by atoms with Gasteiger partial charge < -0.3 is 0 Å².